The fourth-order valence-electron chi connectivity index (χ4n) is 1.74. The maximum Gasteiger partial charge on any atom is 0.275 e. The molecule has 0 fully saturated rings. The van der Waals surface area contributed by atoms with Crippen LogP contribution in [0.4, 0.5) is 0 Å². The number of aromatic amines is 1. The number of hydrogen-bond acceptors (Lipinski definition) is 4. The van der Waals surface area contributed by atoms with Gasteiger partial charge in [0.05, 0.1) is 6.04 Å². The van der Waals surface area contributed by atoms with Crippen molar-refractivity contribution in [1.82, 2.24) is 20.5 Å². The summed E-state index contributed by atoms with van der Waals surface area (Å²) in [6, 6.07) is 6.86. The van der Waals surface area contributed by atoms with Crippen LogP contribution in [0.15, 0.2) is 33.5 Å². The highest BCUT2D eigenvalue weighted by molar-refractivity contribution is 9.10. The van der Waals surface area contributed by atoms with Crippen LogP contribution in [-0.2, 0) is 4.79 Å². The van der Waals surface area contributed by atoms with E-state index in [9.17, 15) is 9.59 Å². The summed E-state index contributed by atoms with van der Waals surface area (Å²) in [6.07, 6.45) is 0. The van der Waals surface area contributed by atoms with Gasteiger partial charge in [-0.15, -0.1) is 10.2 Å². The Hall–Kier alpha value is -2.02. The van der Waals surface area contributed by atoms with Gasteiger partial charge < -0.3 is 10.3 Å². The maximum absolute atomic E-state index is 12.0. The maximum atomic E-state index is 12.0. The van der Waals surface area contributed by atoms with Gasteiger partial charge in [0.15, 0.2) is 11.5 Å². The van der Waals surface area contributed by atoms with Crippen molar-refractivity contribution in [2.24, 2.45) is 0 Å². The molecule has 0 aliphatic carbocycles. The molecule has 2 aromatic rings. The molecule has 1 heterocycles. The van der Waals surface area contributed by atoms with Crippen LogP contribution in [0.3, 0.4) is 0 Å². The van der Waals surface area contributed by atoms with Crippen LogP contribution in [0.5, 0.6) is 0 Å². The topological polar surface area (TPSA) is 87.7 Å². The minimum atomic E-state index is -0.484. The molecule has 104 valence electrons. The van der Waals surface area contributed by atoms with Gasteiger partial charge in [-0.05, 0) is 19.1 Å². The van der Waals surface area contributed by atoms with Gasteiger partial charge in [-0.25, -0.2) is 0 Å². The van der Waals surface area contributed by atoms with Gasteiger partial charge in [0.2, 0.25) is 5.91 Å². The van der Waals surface area contributed by atoms with Crippen molar-refractivity contribution < 1.29 is 4.79 Å². The van der Waals surface area contributed by atoms with E-state index in [2.05, 4.69) is 36.4 Å². The number of halogens is 1. The fourth-order valence-corrected chi connectivity index (χ4v) is 2.00. The average Bonchev–Trinajstić information content (AvgIpc) is 2.38. The van der Waals surface area contributed by atoms with E-state index in [0.717, 1.165) is 10.0 Å². The monoisotopic (exact) mass is 336 g/mol. The molecule has 0 spiro atoms. The largest absolute Gasteiger partial charge is 0.348 e. The second-order valence-electron chi connectivity index (χ2n) is 4.32. The molecular formula is C13H13BrN4O2. The van der Waals surface area contributed by atoms with Crippen molar-refractivity contribution in [2.45, 2.75) is 19.9 Å². The summed E-state index contributed by atoms with van der Waals surface area (Å²) in [5.41, 5.74) is 0.580. The summed E-state index contributed by atoms with van der Waals surface area (Å²) < 4.78 is 0.937. The highest BCUT2D eigenvalue weighted by atomic mass is 79.9. The van der Waals surface area contributed by atoms with Gasteiger partial charge >= 0.3 is 0 Å². The number of hydrogen-bond donors (Lipinski definition) is 2. The molecule has 0 aliphatic heterocycles. The molecule has 0 bridgehead atoms. The molecule has 1 aromatic carbocycles. The Labute approximate surface area is 123 Å². The highest BCUT2D eigenvalue weighted by Crippen LogP contribution is 2.17. The lowest BCUT2D eigenvalue weighted by Crippen LogP contribution is -2.30. The number of nitrogens with one attached hydrogen (secondary N) is 2. The number of carbonyl (C=O) groups is 1. The summed E-state index contributed by atoms with van der Waals surface area (Å²) in [6.45, 7) is 3.06. The lowest BCUT2D eigenvalue weighted by Gasteiger charge is -2.10. The number of nitrogens with zero attached hydrogens (tertiary/aromatic N) is 2. The Morgan fingerprint density at radius 3 is 2.50 bits per heavy atom. The van der Waals surface area contributed by atoms with Crippen LogP contribution in [-0.4, -0.2) is 21.1 Å². The number of aromatic nitrogens is 3. The van der Waals surface area contributed by atoms with Crippen molar-refractivity contribution in [3.8, 4) is 11.4 Å². The van der Waals surface area contributed by atoms with E-state index < -0.39 is 6.04 Å². The summed E-state index contributed by atoms with van der Waals surface area (Å²) in [7, 11) is 0. The molecule has 6 nitrogen and oxygen atoms in total. The third-order valence-corrected chi connectivity index (χ3v) is 3.20. The molecule has 0 aliphatic rings. The van der Waals surface area contributed by atoms with Crippen molar-refractivity contribution in [3.63, 3.8) is 0 Å². The van der Waals surface area contributed by atoms with Crippen LogP contribution in [0.1, 0.15) is 25.6 Å². The average molecular weight is 337 g/mol. The van der Waals surface area contributed by atoms with E-state index in [1.54, 1.807) is 6.92 Å². The first-order valence-corrected chi connectivity index (χ1v) is 6.76. The van der Waals surface area contributed by atoms with Gasteiger partial charge in [-0.2, -0.15) is 0 Å². The van der Waals surface area contributed by atoms with Crippen LogP contribution >= 0.6 is 15.9 Å². The summed E-state index contributed by atoms with van der Waals surface area (Å²) in [5.74, 6) is 0.164. The molecule has 1 aromatic heterocycles. The van der Waals surface area contributed by atoms with Crippen LogP contribution < -0.4 is 10.9 Å². The van der Waals surface area contributed by atoms with Crippen LogP contribution in [0.2, 0.25) is 0 Å². The van der Waals surface area contributed by atoms with Crippen molar-refractivity contribution in [3.05, 3.63) is 44.8 Å². The first kappa shape index (κ1) is 14.4. The lowest BCUT2D eigenvalue weighted by molar-refractivity contribution is -0.119. The third-order valence-electron chi connectivity index (χ3n) is 2.67. The minimum Gasteiger partial charge on any atom is -0.348 e. The van der Waals surface area contributed by atoms with Gasteiger partial charge in [0.1, 0.15) is 0 Å². The van der Waals surface area contributed by atoms with E-state index in [1.807, 2.05) is 24.3 Å². The molecule has 20 heavy (non-hydrogen) atoms. The molecule has 0 radical (unpaired) electrons. The van der Waals surface area contributed by atoms with E-state index in [4.69, 9.17) is 0 Å². The molecule has 1 amide bonds. The SMILES string of the molecule is CC(=O)NC(C)c1nnc(-c2ccc(Br)cc2)[nH]c1=O. The van der Waals surface area contributed by atoms with Crippen molar-refractivity contribution in [1.29, 1.82) is 0 Å². The van der Waals surface area contributed by atoms with Crippen molar-refractivity contribution >= 4 is 21.8 Å². The molecular weight excluding hydrogens is 324 g/mol. The lowest BCUT2D eigenvalue weighted by atomic mass is 10.2. The Kier molecular flexibility index (Phi) is 4.29. The first-order chi connectivity index (χ1) is 9.47. The zero-order valence-electron chi connectivity index (χ0n) is 11.0. The number of H-pyrrole nitrogens is 1. The highest BCUT2D eigenvalue weighted by Gasteiger charge is 2.14. The zero-order valence-corrected chi connectivity index (χ0v) is 12.6. The Morgan fingerprint density at radius 1 is 1.30 bits per heavy atom. The summed E-state index contributed by atoms with van der Waals surface area (Å²) in [4.78, 5) is 25.6. The summed E-state index contributed by atoms with van der Waals surface area (Å²) >= 11 is 3.34. The second kappa shape index (κ2) is 5.96. The van der Waals surface area contributed by atoms with E-state index in [-0.39, 0.29) is 17.2 Å². The fraction of sp³-hybridized carbons (Fsp3) is 0.231. The first-order valence-electron chi connectivity index (χ1n) is 5.97. The quantitative estimate of drug-likeness (QED) is 0.894. The molecule has 7 heteroatoms. The summed E-state index contributed by atoms with van der Waals surface area (Å²) in [5, 5.41) is 10.5. The molecule has 1 atom stereocenters. The second-order valence-corrected chi connectivity index (χ2v) is 5.23. The smallest absolute Gasteiger partial charge is 0.275 e. The van der Waals surface area contributed by atoms with Gasteiger partial charge in [-0.3, -0.25) is 9.59 Å². The van der Waals surface area contributed by atoms with Gasteiger partial charge in [0.25, 0.3) is 5.56 Å². The molecule has 2 rings (SSSR count). The third kappa shape index (κ3) is 3.30. The Bertz CT molecular complexity index is 682. The van der Waals surface area contributed by atoms with E-state index in [1.165, 1.54) is 6.92 Å². The van der Waals surface area contributed by atoms with Crippen LogP contribution in [0.25, 0.3) is 11.4 Å². The van der Waals surface area contributed by atoms with Gasteiger partial charge in [0, 0.05) is 17.0 Å². The number of amides is 1. The van der Waals surface area contributed by atoms with Gasteiger partial charge in [-0.1, -0.05) is 28.1 Å². The molecule has 2 N–H and O–H groups in total. The Morgan fingerprint density at radius 2 is 1.95 bits per heavy atom. The van der Waals surface area contributed by atoms with Crippen LogP contribution in [0, 0.1) is 0 Å². The van der Waals surface area contributed by atoms with E-state index in [0.29, 0.717) is 5.82 Å². The Balaban J connectivity index is 2.32. The molecule has 0 saturated heterocycles. The standard InChI is InChI=1S/C13H13BrN4O2/c1-7(15-8(2)19)11-13(20)16-12(18-17-11)9-3-5-10(14)6-4-9/h3-7H,1-2H3,(H,15,19)(H,16,18,20). The molecule has 1 unspecified atom stereocenters. The zero-order chi connectivity index (χ0) is 14.7. The van der Waals surface area contributed by atoms with Crippen molar-refractivity contribution in [2.75, 3.05) is 0 Å². The number of carbonyl (C=O) groups excluding carboxylic acids is 1. The predicted molar refractivity (Wildman–Crippen MR) is 78.0 cm³/mol. The number of benzene rings is 1. The minimum absolute atomic E-state index is 0.182. The molecule has 0 saturated carbocycles. The van der Waals surface area contributed by atoms with E-state index >= 15 is 0 Å². The normalized spacial score (nSPS) is 11.9. The predicted octanol–water partition coefficient (Wildman–Crippen LogP) is 1.79. The number of rotatable bonds is 3.